The van der Waals surface area contributed by atoms with Crippen LogP contribution in [0.3, 0.4) is 0 Å². The van der Waals surface area contributed by atoms with E-state index in [1.807, 2.05) is 36.4 Å². The molecule has 0 amide bonds. The van der Waals surface area contributed by atoms with Crippen molar-refractivity contribution in [2.45, 2.75) is 11.5 Å². The summed E-state index contributed by atoms with van der Waals surface area (Å²) in [7, 11) is -3.96. The maximum Gasteiger partial charge on any atom is 0.261 e. The Kier molecular flexibility index (Phi) is 6.33. The summed E-state index contributed by atoms with van der Waals surface area (Å²) in [6, 6.07) is 26.0. The fourth-order valence-electron chi connectivity index (χ4n) is 3.12. The number of benzene rings is 3. The first-order chi connectivity index (χ1) is 16.0. The van der Waals surface area contributed by atoms with Crippen LogP contribution in [0.1, 0.15) is 11.1 Å². The topological polar surface area (TPSA) is 92.1 Å². The number of hydrogen-bond donors (Lipinski definition) is 1. The summed E-state index contributed by atoms with van der Waals surface area (Å²) in [5.41, 5.74) is 1.67. The molecule has 4 rings (SSSR count). The molecule has 0 radical (unpaired) electrons. The Labute approximate surface area is 191 Å². The molecular weight excluding hydrogens is 441 g/mol. The number of rotatable bonds is 7. The second kappa shape index (κ2) is 9.51. The highest BCUT2D eigenvalue weighted by Crippen LogP contribution is 2.33. The van der Waals surface area contributed by atoms with Gasteiger partial charge >= 0.3 is 0 Å². The van der Waals surface area contributed by atoms with Crippen LogP contribution in [-0.2, 0) is 16.6 Å². The second-order valence-electron chi connectivity index (χ2n) is 7.05. The number of anilines is 1. The van der Waals surface area contributed by atoms with E-state index in [2.05, 4.69) is 9.71 Å². The molecule has 0 saturated heterocycles. The maximum absolute atomic E-state index is 13.5. The highest BCUT2D eigenvalue weighted by Gasteiger charge is 2.20. The van der Waals surface area contributed by atoms with Crippen LogP contribution in [0.2, 0.25) is 0 Å². The molecule has 6 nitrogen and oxygen atoms in total. The maximum atomic E-state index is 13.5. The van der Waals surface area contributed by atoms with Crippen LogP contribution in [0.25, 0.3) is 11.3 Å². The van der Waals surface area contributed by atoms with E-state index in [0.717, 1.165) is 5.56 Å². The zero-order valence-corrected chi connectivity index (χ0v) is 18.1. The molecule has 0 atom stereocenters. The third-order valence-electron chi connectivity index (χ3n) is 4.74. The van der Waals surface area contributed by atoms with Crippen molar-refractivity contribution in [3.8, 4) is 23.2 Å². The third-order valence-corrected chi connectivity index (χ3v) is 6.12. The Morgan fingerprint density at radius 3 is 2.21 bits per heavy atom. The first-order valence-electron chi connectivity index (χ1n) is 9.92. The lowest BCUT2D eigenvalue weighted by Gasteiger charge is -2.15. The number of aromatic nitrogens is 1. The van der Waals surface area contributed by atoms with Gasteiger partial charge < -0.3 is 4.74 Å². The van der Waals surface area contributed by atoms with E-state index in [4.69, 9.17) is 4.74 Å². The summed E-state index contributed by atoms with van der Waals surface area (Å²) < 4.78 is 47.6. The number of ether oxygens (including phenoxy) is 1. The highest BCUT2D eigenvalue weighted by atomic mass is 32.2. The van der Waals surface area contributed by atoms with Gasteiger partial charge in [0.1, 0.15) is 24.1 Å². The average Bonchev–Trinajstić information content (AvgIpc) is 2.84. The van der Waals surface area contributed by atoms with Crippen LogP contribution >= 0.6 is 0 Å². The van der Waals surface area contributed by atoms with Crippen LogP contribution in [0.4, 0.5) is 10.1 Å². The van der Waals surface area contributed by atoms with Gasteiger partial charge in [-0.25, -0.2) is 17.8 Å². The number of nitriles is 1. The molecule has 164 valence electrons. The summed E-state index contributed by atoms with van der Waals surface area (Å²) in [6.07, 6.45) is 0. The molecule has 0 aliphatic carbocycles. The van der Waals surface area contributed by atoms with Crippen molar-refractivity contribution in [3.05, 3.63) is 108 Å². The Morgan fingerprint density at radius 1 is 0.939 bits per heavy atom. The molecule has 8 heteroatoms. The first-order valence-corrected chi connectivity index (χ1v) is 11.4. The summed E-state index contributed by atoms with van der Waals surface area (Å²) in [6.45, 7) is 0.167. The van der Waals surface area contributed by atoms with Gasteiger partial charge in [0, 0.05) is 5.56 Å². The summed E-state index contributed by atoms with van der Waals surface area (Å²) in [4.78, 5) is 4.50. The Balaban J connectivity index is 1.78. The van der Waals surface area contributed by atoms with E-state index in [1.54, 1.807) is 18.2 Å². The van der Waals surface area contributed by atoms with Crippen LogP contribution in [0, 0.1) is 17.1 Å². The highest BCUT2D eigenvalue weighted by molar-refractivity contribution is 7.92. The number of halogens is 1. The van der Waals surface area contributed by atoms with Crippen molar-refractivity contribution >= 4 is 15.7 Å². The minimum Gasteiger partial charge on any atom is -0.472 e. The van der Waals surface area contributed by atoms with Crippen LogP contribution in [0.15, 0.2) is 95.9 Å². The molecule has 4 aromatic rings. The Hall–Kier alpha value is -4.22. The van der Waals surface area contributed by atoms with Gasteiger partial charge in [-0.05, 0) is 48.0 Å². The molecule has 1 N–H and O–H groups in total. The fourth-order valence-corrected chi connectivity index (χ4v) is 4.20. The number of hydrogen-bond acceptors (Lipinski definition) is 5. The molecule has 0 bridgehead atoms. The largest absolute Gasteiger partial charge is 0.472 e. The fraction of sp³-hybridized carbons (Fsp3) is 0.0400. The van der Waals surface area contributed by atoms with Gasteiger partial charge in [-0.1, -0.05) is 48.5 Å². The summed E-state index contributed by atoms with van der Waals surface area (Å²) >= 11 is 0. The van der Waals surface area contributed by atoms with Gasteiger partial charge in [0.05, 0.1) is 16.3 Å². The Bertz CT molecular complexity index is 1400. The quantitative estimate of drug-likeness (QED) is 0.413. The normalized spacial score (nSPS) is 10.9. The molecule has 3 aromatic carbocycles. The van der Waals surface area contributed by atoms with E-state index in [1.165, 1.54) is 42.5 Å². The van der Waals surface area contributed by atoms with Gasteiger partial charge in [-0.15, -0.1) is 0 Å². The van der Waals surface area contributed by atoms with Crippen molar-refractivity contribution in [2.75, 3.05) is 4.72 Å². The monoisotopic (exact) mass is 459 g/mol. The average molecular weight is 460 g/mol. The zero-order chi connectivity index (χ0) is 23.3. The van der Waals surface area contributed by atoms with E-state index in [0.29, 0.717) is 5.56 Å². The number of nitrogens with one attached hydrogen (secondary N) is 1. The zero-order valence-electron chi connectivity index (χ0n) is 17.3. The van der Waals surface area contributed by atoms with Crippen molar-refractivity contribution in [1.29, 1.82) is 5.26 Å². The van der Waals surface area contributed by atoms with E-state index in [9.17, 15) is 18.1 Å². The van der Waals surface area contributed by atoms with Crippen LogP contribution < -0.4 is 9.46 Å². The molecule has 0 spiro atoms. The molecular formula is C25H18FN3O3S. The van der Waals surface area contributed by atoms with Gasteiger partial charge in [0.25, 0.3) is 10.0 Å². The van der Waals surface area contributed by atoms with E-state index < -0.39 is 15.8 Å². The lowest BCUT2D eigenvalue weighted by atomic mass is 10.1. The number of pyridine rings is 1. The molecule has 1 heterocycles. The summed E-state index contributed by atoms with van der Waals surface area (Å²) in [5, 5.41) is 9.66. The number of sulfonamides is 1. The smallest absolute Gasteiger partial charge is 0.261 e. The first kappa shape index (κ1) is 22.0. The van der Waals surface area contributed by atoms with E-state index >= 15 is 0 Å². The predicted octanol–water partition coefficient (Wildman–Crippen LogP) is 5.14. The van der Waals surface area contributed by atoms with Gasteiger partial charge in [-0.2, -0.15) is 5.26 Å². The molecule has 0 aliphatic rings. The molecule has 0 fully saturated rings. The lowest BCUT2D eigenvalue weighted by Crippen LogP contribution is -2.14. The third kappa shape index (κ3) is 5.17. The van der Waals surface area contributed by atoms with Crippen molar-refractivity contribution < 1.29 is 17.5 Å². The lowest BCUT2D eigenvalue weighted by molar-refractivity contribution is 0.293. The van der Waals surface area contributed by atoms with Crippen molar-refractivity contribution in [2.24, 2.45) is 0 Å². The van der Waals surface area contributed by atoms with Gasteiger partial charge in [0.15, 0.2) is 0 Å². The van der Waals surface area contributed by atoms with Gasteiger partial charge in [-0.3, -0.25) is 4.72 Å². The standard InChI is InChI=1S/C25H18FN3O3S/c26-21-13-11-19(12-14-21)24-23(29-33(30,31)22-9-5-2-6-10-22)15-20(16-27)25(28-24)32-17-18-7-3-1-4-8-18/h1-15,29H,17H2. The van der Waals surface area contributed by atoms with Crippen LogP contribution in [-0.4, -0.2) is 13.4 Å². The summed E-state index contributed by atoms with van der Waals surface area (Å²) in [5.74, 6) is -0.400. The van der Waals surface area contributed by atoms with Crippen molar-refractivity contribution in [1.82, 2.24) is 4.98 Å². The minimum atomic E-state index is -3.96. The molecule has 33 heavy (non-hydrogen) atoms. The molecule has 0 aliphatic heterocycles. The van der Waals surface area contributed by atoms with E-state index in [-0.39, 0.29) is 34.3 Å². The molecule has 0 saturated carbocycles. The number of nitrogens with zero attached hydrogens (tertiary/aromatic N) is 2. The second-order valence-corrected chi connectivity index (χ2v) is 8.73. The molecule has 1 aromatic heterocycles. The van der Waals surface area contributed by atoms with Gasteiger partial charge in [0.2, 0.25) is 5.88 Å². The molecule has 0 unspecified atom stereocenters. The SMILES string of the molecule is N#Cc1cc(NS(=O)(=O)c2ccccc2)c(-c2ccc(F)cc2)nc1OCc1ccccc1. The Morgan fingerprint density at radius 2 is 1.58 bits per heavy atom. The minimum absolute atomic E-state index is 0.0448. The van der Waals surface area contributed by atoms with Crippen LogP contribution in [0.5, 0.6) is 5.88 Å². The predicted molar refractivity (Wildman–Crippen MR) is 122 cm³/mol. The van der Waals surface area contributed by atoms with Crippen molar-refractivity contribution in [3.63, 3.8) is 0 Å².